The van der Waals surface area contributed by atoms with Crippen molar-refractivity contribution in [2.75, 3.05) is 0 Å². The van der Waals surface area contributed by atoms with Crippen LogP contribution in [0.15, 0.2) is 36.4 Å². The average Bonchev–Trinajstić information content (AvgIpc) is 2.30. The van der Waals surface area contributed by atoms with E-state index in [0.717, 1.165) is 5.92 Å². The van der Waals surface area contributed by atoms with Crippen molar-refractivity contribution in [1.29, 1.82) is 0 Å². The van der Waals surface area contributed by atoms with Gasteiger partial charge in [0.25, 0.3) is 0 Å². The van der Waals surface area contributed by atoms with Gasteiger partial charge in [0.15, 0.2) is 0 Å². The Labute approximate surface area is 113 Å². The first-order chi connectivity index (χ1) is 8.36. The maximum absolute atomic E-state index is 4.14. The van der Waals surface area contributed by atoms with Crippen molar-refractivity contribution in [1.82, 2.24) is 0 Å². The van der Waals surface area contributed by atoms with Crippen molar-refractivity contribution in [2.24, 2.45) is 11.3 Å². The first-order valence-corrected chi connectivity index (χ1v) is 7.07. The third-order valence-corrected chi connectivity index (χ3v) is 4.30. The van der Waals surface area contributed by atoms with Gasteiger partial charge in [-0.2, -0.15) is 0 Å². The van der Waals surface area contributed by atoms with Gasteiger partial charge in [-0.3, -0.25) is 0 Å². The molecular formula is C18H28. The van der Waals surface area contributed by atoms with Crippen LogP contribution in [0.4, 0.5) is 0 Å². The van der Waals surface area contributed by atoms with Gasteiger partial charge >= 0.3 is 0 Å². The summed E-state index contributed by atoms with van der Waals surface area (Å²) in [4.78, 5) is 0. The van der Waals surface area contributed by atoms with Crippen LogP contribution in [-0.2, 0) is 6.42 Å². The summed E-state index contributed by atoms with van der Waals surface area (Å²) < 4.78 is 0. The minimum absolute atomic E-state index is 0.253. The smallest absolute Gasteiger partial charge is 0.0147 e. The summed E-state index contributed by atoms with van der Waals surface area (Å²) in [5, 5.41) is 0. The van der Waals surface area contributed by atoms with Crippen LogP contribution in [-0.4, -0.2) is 0 Å². The van der Waals surface area contributed by atoms with E-state index in [1.165, 1.54) is 36.0 Å². The quantitative estimate of drug-likeness (QED) is 0.575. The summed E-state index contributed by atoms with van der Waals surface area (Å²) in [5.74, 6) is 0.748. The standard InChI is InChI=1S/C18H28/c1-7-16(13-18(5,6)14(2)3)12-17-11-9-8-10-15(17)4/h8-11,16H,2,7,12-13H2,1,3-6H3. The molecule has 1 aromatic rings. The SMILES string of the molecule is C=C(C)C(C)(C)CC(CC)Cc1ccccc1C. The fourth-order valence-electron chi connectivity index (χ4n) is 2.41. The van der Waals surface area contributed by atoms with E-state index < -0.39 is 0 Å². The second-order valence-corrected chi connectivity index (χ2v) is 6.27. The molecule has 0 fully saturated rings. The predicted molar refractivity (Wildman–Crippen MR) is 81.9 cm³/mol. The monoisotopic (exact) mass is 244 g/mol. The topological polar surface area (TPSA) is 0 Å². The van der Waals surface area contributed by atoms with Crippen LogP contribution in [0, 0.1) is 18.3 Å². The molecule has 0 amide bonds. The third-order valence-electron chi connectivity index (χ3n) is 4.30. The van der Waals surface area contributed by atoms with E-state index in [0.29, 0.717) is 0 Å². The number of rotatable bonds is 6. The maximum Gasteiger partial charge on any atom is -0.0147 e. The van der Waals surface area contributed by atoms with Crippen molar-refractivity contribution < 1.29 is 0 Å². The van der Waals surface area contributed by atoms with Crippen molar-refractivity contribution in [3.05, 3.63) is 47.5 Å². The number of hydrogen-bond donors (Lipinski definition) is 0. The molecule has 0 aliphatic rings. The lowest BCUT2D eigenvalue weighted by atomic mass is 9.75. The van der Waals surface area contributed by atoms with E-state index in [1.54, 1.807) is 0 Å². The van der Waals surface area contributed by atoms with Crippen molar-refractivity contribution in [3.8, 4) is 0 Å². The highest BCUT2D eigenvalue weighted by Gasteiger charge is 2.23. The lowest BCUT2D eigenvalue weighted by Gasteiger charge is -2.30. The van der Waals surface area contributed by atoms with E-state index in [9.17, 15) is 0 Å². The van der Waals surface area contributed by atoms with Gasteiger partial charge in [-0.15, -0.1) is 0 Å². The molecule has 0 aliphatic carbocycles. The van der Waals surface area contributed by atoms with Crippen molar-refractivity contribution in [3.63, 3.8) is 0 Å². The maximum atomic E-state index is 4.14. The van der Waals surface area contributed by atoms with E-state index >= 15 is 0 Å². The zero-order chi connectivity index (χ0) is 13.8. The Morgan fingerprint density at radius 1 is 1.28 bits per heavy atom. The summed E-state index contributed by atoms with van der Waals surface area (Å²) in [6, 6.07) is 8.76. The zero-order valence-corrected chi connectivity index (χ0v) is 12.7. The van der Waals surface area contributed by atoms with E-state index in [4.69, 9.17) is 0 Å². The number of allylic oxidation sites excluding steroid dienone is 1. The molecule has 0 aromatic heterocycles. The normalized spacial score (nSPS) is 13.4. The number of hydrogen-bond acceptors (Lipinski definition) is 0. The Morgan fingerprint density at radius 2 is 1.89 bits per heavy atom. The minimum Gasteiger partial charge on any atom is -0.0996 e. The van der Waals surface area contributed by atoms with Crippen LogP contribution in [0.3, 0.4) is 0 Å². The highest BCUT2D eigenvalue weighted by molar-refractivity contribution is 5.26. The Morgan fingerprint density at radius 3 is 2.39 bits per heavy atom. The van der Waals surface area contributed by atoms with Crippen LogP contribution in [0.25, 0.3) is 0 Å². The van der Waals surface area contributed by atoms with E-state index in [1.807, 2.05) is 0 Å². The summed E-state index contributed by atoms with van der Waals surface area (Å²) in [5.41, 5.74) is 4.47. The summed E-state index contributed by atoms with van der Waals surface area (Å²) in [6.07, 6.45) is 3.66. The second kappa shape index (κ2) is 6.22. The molecular weight excluding hydrogens is 216 g/mol. The second-order valence-electron chi connectivity index (χ2n) is 6.27. The molecule has 0 aliphatic heterocycles. The third kappa shape index (κ3) is 4.01. The van der Waals surface area contributed by atoms with Crippen LogP contribution in [0.1, 0.15) is 51.7 Å². The van der Waals surface area contributed by atoms with Gasteiger partial charge in [-0.05, 0) is 49.1 Å². The molecule has 100 valence electrons. The molecule has 0 radical (unpaired) electrons. The number of benzene rings is 1. The van der Waals surface area contributed by atoms with E-state index in [2.05, 4.69) is 65.5 Å². The summed E-state index contributed by atoms with van der Waals surface area (Å²) >= 11 is 0. The fraction of sp³-hybridized carbons (Fsp3) is 0.556. The first kappa shape index (κ1) is 15.0. The van der Waals surface area contributed by atoms with Gasteiger partial charge in [-0.1, -0.05) is 63.6 Å². The van der Waals surface area contributed by atoms with Crippen molar-refractivity contribution >= 4 is 0 Å². The lowest BCUT2D eigenvalue weighted by molar-refractivity contribution is 0.306. The van der Waals surface area contributed by atoms with Gasteiger partial charge in [0, 0.05) is 0 Å². The zero-order valence-electron chi connectivity index (χ0n) is 12.7. The van der Waals surface area contributed by atoms with Gasteiger partial charge in [-0.25, -0.2) is 0 Å². The lowest BCUT2D eigenvalue weighted by Crippen LogP contribution is -2.19. The highest BCUT2D eigenvalue weighted by Crippen LogP contribution is 2.35. The molecule has 1 unspecified atom stereocenters. The first-order valence-electron chi connectivity index (χ1n) is 7.07. The minimum atomic E-state index is 0.253. The molecule has 1 aromatic carbocycles. The largest absolute Gasteiger partial charge is 0.0996 e. The average molecular weight is 244 g/mol. The Bertz CT molecular complexity index is 398. The Balaban J connectivity index is 2.75. The molecule has 0 spiro atoms. The molecule has 0 heteroatoms. The predicted octanol–water partition coefficient (Wildman–Crippen LogP) is 5.56. The molecule has 0 bridgehead atoms. The number of aryl methyl sites for hydroxylation is 1. The molecule has 0 saturated heterocycles. The molecule has 1 rings (SSSR count). The van der Waals surface area contributed by atoms with Gasteiger partial charge in [0.05, 0.1) is 0 Å². The van der Waals surface area contributed by atoms with Crippen LogP contribution < -0.4 is 0 Å². The molecule has 0 nitrogen and oxygen atoms in total. The molecule has 1 atom stereocenters. The van der Waals surface area contributed by atoms with Crippen LogP contribution in [0.2, 0.25) is 0 Å². The molecule has 18 heavy (non-hydrogen) atoms. The summed E-state index contributed by atoms with van der Waals surface area (Å²) in [7, 11) is 0. The fourth-order valence-corrected chi connectivity index (χ4v) is 2.41. The molecule has 0 heterocycles. The van der Waals surface area contributed by atoms with Crippen LogP contribution in [0.5, 0.6) is 0 Å². The Kier molecular flexibility index (Phi) is 5.19. The molecule has 0 saturated carbocycles. The van der Waals surface area contributed by atoms with Gasteiger partial charge in [0.1, 0.15) is 0 Å². The van der Waals surface area contributed by atoms with Crippen LogP contribution >= 0.6 is 0 Å². The Hall–Kier alpha value is -1.04. The van der Waals surface area contributed by atoms with Crippen molar-refractivity contribution in [2.45, 2.75) is 53.9 Å². The highest BCUT2D eigenvalue weighted by atomic mass is 14.3. The summed E-state index contributed by atoms with van der Waals surface area (Å²) in [6.45, 7) is 15.4. The van der Waals surface area contributed by atoms with Gasteiger partial charge in [0.2, 0.25) is 0 Å². The molecule has 0 N–H and O–H groups in total. The van der Waals surface area contributed by atoms with Gasteiger partial charge < -0.3 is 0 Å². The van der Waals surface area contributed by atoms with E-state index in [-0.39, 0.29) is 5.41 Å².